The van der Waals surface area contributed by atoms with Gasteiger partial charge in [-0.15, -0.1) is 0 Å². The maximum absolute atomic E-state index is 11.9. The topological polar surface area (TPSA) is 117 Å². The molecule has 0 aliphatic heterocycles. The molecule has 1 heterocycles. The molecular formula is C14H10N2O5. The van der Waals surface area contributed by atoms with Crippen LogP contribution in [-0.4, -0.2) is 33.0 Å². The van der Waals surface area contributed by atoms with Gasteiger partial charge in [-0.3, -0.25) is 4.79 Å². The summed E-state index contributed by atoms with van der Waals surface area (Å²) < 4.78 is 0. The number of carbonyl (C=O) groups is 3. The highest BCUT2D eigenvalue weighted by Crippen LogP contribution is 2.12. The molecule has 3 N–H and O–H groups in total. The van der Waals surface area contributed by atoms with Crippen LogP contribution in [0.4, 0.5) is 5.69 Å². The summed E-state index contributed by atoms with van der Waals surface area (Å²) in [6.07, 6.45) is 1.14. The van der Waals surface area contributed by atoms with Crippen LogP contribution in [0.2, 0.25) is 0 Å². The molecule has 106 valence electrons. The summed E-state index contributed by atoms with van der Waals surface area (Å²) in [5, 5.41) is 20.1. The minimum atomic E-state index is -1.18. The van der Waals surface area contributed by atoms with Crippen LogP contribution >= 0.6 is 0 Å². The average molecular weight is 286 g/mol. The third-order valence-electron chi connectivity index (χ3n) is 2.61. The molecule has 21 heavy (non-hydrogen) atoms. The summed E-state index contributed by atoms with van der Waals surface area (Å²) in [5.74, 6) is -2.79. The van der Waals surface area contributed by atoms with Gasteiger partial charge in [-0.25, -0.2) is 14.6 Å². The van der Waals surface area contributed by atoms with Crippen molar-refractivity contribution in [1.29, 1.82) is 0 Å². The zero-order valence-electron chi connectivity index (χ0n) is 10.6. The van der Waals surface area contributed by atoms with Crippen molar-refractivity contribution in [2.24, 2.45) is 0 Å². The number of anilines is 1. The van der Waals surface area contributed by atoms with Crippen LogP contribution in [0.15, 0.2) is 42.6 Å². The number of rotatable bonds is 4. The zero-order valence-corrected chi connectivity index (χ0v) is 10.6. The van der Waals surface area contributed by atoms with Gasteiger partial charge in [-0.2, -0.15) is 0 Å². The molecular weight excluding hydrogens is 276 g/mol. The van der Waals surface area contributed by atoms with Crippen molar-refractivity contribution >= 4 is 23.5 Å². The van der Waals surface area contributed by atoms with Gasteiger partial charge in [0.2, 0.25) is 0 Å². The number of nitrogens with zero attached hydrogens (tertiary/aromatic N) is 1. The Morgan fingerprint density at radius 2 is 1.71 bits per heavy atom. The minimum Gasteiger partial charge on any atom is -0.478 e. The second-order valence-electron chi connectivity index (χ2n) is 4.08. The van der Waals surface area contributed by atoms with Gasteiger partial charge in [0, 0.05) is 11.9 Å². The molecule has 7 nitrogen and oxygen atoms in total. The number of amides is 1. The van der Waals surface area contributed by atoms with E-state index in [1.807, 2.05) is 0 Å². The van der Waals surface area contributed by atoms with Gasteiger partial charge >= 0.3 is 11.9 Å². The summed E-state index contributed by atoms with van der Waals surface area (Å²) in [6.45, 7) is 0. The first-order valence-corrected chi connectivity index (χ1v) is 5.81. The highest BCUT2D eigenvalue weighted by atomic mass is 16.4. The summed E-state index contributed by atoms with van der Waals surface area (Å²) in [5.41, 5.74) is 0.370. The fourth-order valence-electron chi connectivity index (χ4n) is 1.59. The van der Waals surface area contributed by atoms with Crippen LogP contribution in [-0.2, 0) is 0 Å². The number of nitrogens with one attached hydrogen (secondary N) is 1. The number of benzene rings is 1. The lowest BCUT2D eigenvalue weighted by Gasteiger charge is -2.06. The van der Waals surface area contributed by atoms with Gasteiger partial charge < -0.3 is 15.5 Å². The summed E-state index contributed by atoms with van der Waals surface area (Å²) in [6, 6.07) is 8.31. The molecule has 0 aliphatic rings. The number of aromatic carboxylic acids is 2. The molecule has 0 bridgehead atoms. The lowest BCUT2D eigenvalue weighted by Crippen LogP contribution is -2.13. The molecule has 1 aromatic heterocycles. The summed E-state index contributed by atoms with van der Waals surface area (Å²) in [7, 11) is 0. The Kier molecular flexibility index (Phi) is 3.94. The molecule has 0 saturated carbocycles. The second-order valence-corrected chi connectivity index (χ2v) is 4.08. The molecule has 2 rings (SSSR count). The lowest BCUT2D eigenvalue weighted by atomic mass is 10.2. The number of carboxylic acids is 2. The molecule has 0 fully saturated rings. The van der Waals surface area contributed by atoms with E-state index in [0.29, 0.717) is 5.69 Å². The smallest absolute Gasteiger partial charge is 0.354 e. The Bertz CT molecular complexity index is 710. The molecule has 0 spiro atoms. The van der Waals surface area contributed by atoms with Crippen molar-refractivity contribution in [3.05, 3.63) is 59.4 Å². The molecule has 2 aromatic rings. The standard InChI is InChI=1S/C14H10N2O5/c17-12(9-4-5-11(14(20)21)15-7-9)16-10-3-1-2-8(6-10)13(18)19/h1-7H,(H,16,17)(H,18,19)(H,20,21). The maximum Gasteiger partial charge on any atom is 0.354 e. The molecule has 7 heteroatoms. The number of carboxylic acid groups (broad SMARTS) is 2. The van der Waals surface area contributed by atoms with E-state index in [1.165, 1.54) is 30.3 Å². The van der Waals surface area contributed by atoms with Crippen LogP contribution in [0.3, 0.4) is 0 Å². The Hall–Kier alpha value is -3.22. The van der Waals surface area contributed by atoms with Gasteiger partial charge in [-0.05, 0) is 30.3 Å². The third-order valence-corrected chi connectivity index (χ3v) is 2.61. The highest BCUT2D eigenvalue weighted by molar-refractivity contribution is 6.04. The number of carbonyl (C=O) groups excluding carboxylic acids is 1. The van der Waals surface area contributed by atoms with Gasteiger partial charge in [-0.1, -0.05) is 6.07 Å². The van der Waals surface area contributed by atoms with Gasteiger partial charge in [0.05, 0.1) is 11.1 Å². The molecule has 0 aliphatic carbocycles. The van der Waals surface area contributed by atoms with E-state index in [0.717, 1.165) is 6.20 Å². The second kappa shape index (κ2) is 5.83. The fourth-order valence-corrected chi connectivity index (χ4v) is 1.59. The Labute approximate surface area is 118 Å². The average Bonchev–Trinajstić information content (AvgIpc) is 2.47. The van der Waals surface area contributed by atoms with Crippen molar-refractivity contribution in [2.45, 2.75) is 0 Å². The Morgan fingerprint density at radius 1 is 0.952 bits per heavy atom. The number of aromatic nitrogens is 1. The van der Waals surface area contributed by atoms with E-state index in [1.54, 1.807) is 6.07 Å². The first-order valence-electron chi connectivity index (χ1n) is 5.81. The van der Waals surface area contributed by atoms with Gasteiger partial charge in [0.25, 0.3) is 5.91 Å². The van der Waals surface area contributed by atoms with E-state index < -0.39 is 17.8 Å². The van der Waals surface area contributed by atoms with E-state index in [9.17, 15) is 14.4 Å². The first-order chi connectivity index (χ1) is 9.97. The quantitative estimate of drug-likeness (QED) is 0.788. The maximum atomic E-state index is 11.9. The summed E-state index contributed by atoms with van der Waals surface area (Å²) >= 11 is 0. The molecule has 0 unspecified atom stereocenters. The Balaban J connectivity index is 2.16. The number of hydrogen-bond donors (Lipinski definition) is 3. The van der Waals surface area contributed by atoms with E-state index in [-0.39, 0.29) is 16.8 Å². The summed E-state index contributed by atoms with van der Waals surface area (Å²) in [4.78, 5) is 37.1. The molecule has 1 amide bonds. The normalized spacial score (nSPS) is 9.90. The SMILES string of the molecule is O=C(O)c1cccc(NC(=O)c2ccc(C(=O)O)nc2)c1. The molecule has 1 aromatic carbocycles. The predicted molar refractivity (Wildman–Crippen MR) is 72.6 cm³/mol. The fraction of sp³-hybridized carbons (Fsp3) is 0. The van der Waals surface area contributed by atoms with Crippen molar-refractivity contribution in [2.75, 3.05) is 5.32 Å². The van der Waals surface area contributed by atoms with Gasteiger partial charge in [0.1, 0.15) is 5.69 Å². The van der Waals surface area contributed by atoms with Crippen LogP contribution in [0.1, 0.15) is 31.2 Å². The highest BCUT2D eigenvalue weighted by Gasteiger charge is 2.10. The van der Waals surface area contributed by atoms with E-state index >= 15 is 0 Å². The molecule has 0 atom stereocenters. The van der Waals surface area contributed by atoms with Crippen LogP contribution in [0.25, 0.3) is 0 Å². The molecule has 0 saturated heterocycles. The van der Waals surface area contributed by atoms with E-state index in [4.69, 9.17) is 10.2 Å². The largest absolute Gasteiger partial charge is 0.478 e. The van der Waals surface area contributed by atoms with Gasteiger partial charge in [0.15, 0.2) is 0 Å². The first kappa shape index (κ1) is 14.2. The lowest BCUT2D eigenvalue weighted by molar-refractivity contribution is 0.0682. The number of pyridine rings is 1. The van der Waals surface area contributed by atoms with Crippen molar-refractivity contribution in [3.8, 4) is 0 Å². The Morgan fingerprint density at radius 3 is 2.29 bits per heavy atom. The predicted octanol–water partition coefficient (Wildman–Crippen LogP) is 1.73. The van der Waals surface area contributed by atoms with Crippen LogP contribution < -0.4 is 5.32 Å². The number of hydrogen-bond acceptors (Lipinski definition) is 4. The van der Waals surface area contributed by atoms with Crippen LogP contribution in [0, 0.1) is 0 Å². The molecule has 0 radical (unpaired) electrons. The monoisotopic (exact) mass is 286 g/mol. The zero-order chi connectivity index (χ0) is 15.4. The van der Waals surface area contributed by atoms with E-state index in [2.05, 4.69) is 10.3 Å². The van der Waals surface area contributed by atoms with Crippen molar-refractivity contribution in [3.63, 3.8) is 0 Å². The minimum absolute atomic E-state index is 0.0483. The third kappa shape index (κ3) is 3.41. The van der Waals surface area contributed by atoms with Crippen molar-refractivity contribution in [1.82, 2.24) is 4.98 Å². The van der Waals surface area contributed by atoms with Crippen LogP contribution in [0.5, 0.6) is 0 Å². The van der Waals surface area contributed by atoms with Crippen molar-refractivity contribution < 1.29 is 24.6 Å².